The lowest BCUT2D eigenvalue weighted by molar-refractivity contribution is -0.131. The highest BCUT2D eigenvalue weighted by Crippen LogP contribution is 2.23. The van der Waals surface area contributed by atoms with Gasteiger partial charge in [0.1, 0.15) is 0 Å². The Morgan fingerprint density at radius 1 is 1.35 bits per heavy atom. The molecule has 0 aromatic rings. The van der Waals surface area contributed by atoms with E-state index < -0.39 is 0 Å². The second-order valence-electron chi connectivity index (χ2n) is 5.30. The number of carbonyl (C=O) groups excluding carboxylic acids is 1. The van der Waals surface area contributed by atoms with Crippen LogP contribution in [0.25, 0.3) is 0 Å². The number of hydrogen-bond donors (Lipinski definition) is 1. The summed E-state index contributed by atoms with van der Waals surface area (Å²) in [5, 5.41) is 0. The Balaban J connectivity index is 2.16. The molecule has 0 heterocycles. The van der Waals surface area contributed by atoms with Crippen LogP contribution in [-0.4, -0.2) is 55.3 Å². The van der Waals surface area contributed by atoms with E-state index in [0.29, 0.717) is 37.1 Å². The minimum Gasteiger partial charge on any atom is -0.393 e. The Hall–Kier alpha value is -0.720. The van der Waals surface area contributed by atoms with Gasteiger partial charge in [-0.3, -0.25) is 4.79 Å². The largest absolute Gasteiger partial charge is 0.393 e. The van der Waals surface area contributed by atoms with Crippen molar-refractivity contribution in [3.05, 3.63) is 0 Å². The van der Waals surface area contributed by atoms with E-state index in [0.717, 1.165) is 25.7 Å². The van der Waals surface area contributed by atoms with Crippen molar-refractivity contribution in [1.29, 1.82) is 0 Å². The highest BCUT2D eigenvalue weighted by molar-refractivity contribution is 7.80. The number of rotatable bonds is 8. The predicted octanol–water partition coefficient (Wildman–Crippen LogP) is 1.49. The Bertz CT molecular complexity index is 326. The third-order valence-electron chi connectivity index (χ3n) is 3.70. The lowest BCUT2D eigenvalue weighted by Crippen LogP contribution is -2.32. The van der Waals surface area contributed by atoms with Crippen LogP contribution in [-0.2, 0) is 14.3 Å². The Labute approximate surface area is 126 Å². The number of ether oxygens (including phenoxy) is 2. The molecule has 6 heteroatoms. The maximum Gasteiger partial charge on any atom is 0.224 e. The zero-order chi connectivity index (χ0) is 15.0. The predicted molar refractivity (Wildman–Crippen MR) is 82.7 cm³/mol. The van der Waals surface area contributed by atoms with E-state index in [9.17, 15) is 4.79 Å². The van der Waals surface area contributed by atoms with Crippen LogP contribution in [0.5, 0.6) is 0 Å². The average Bonchev–Trinajstić information content (AvgIpc) is 2.44. The lowest BCUT2D eigenvalue weighted by atomic mass is 9.95. The molecule has 1 saturated carbocycles. The summed E-state index contributed by atoms with van der Waals surface area (Å²) >= 11 is 4.80. The molecular weight excluding hydrogens is 276 g/mol. The van der Waals surface area contributed by atoms with E-state index in [1.807, 2.05) is 0 Å². The summed E-state index contributed by atoms with van der Waals surface area (Å²) < 4.78 is 11.1. The molecule has 0 saturated heterocycles. The average molecular weight is 302 g/mol. The second kappa shape index (κ2) is 9.26. The van der Waals surface area contributed by atoms with E-state index in [4.69, 9.17) is 27.4 Å². The van der Waals surface area contributed by atoms with Crippen molar-refractivity contribution in [3.63, 3.8) is 0 Å². The van der Waals surface area contributed by atoms with Crippen molar-refractivity contribution in [3.8, 4) is 0 Å². The number of carbonyl (C=O) groups is 1. The van der Waals surface area contributed by atoms with Gasteiger partial charge >= 0.3 is 0 Å². The third-order valence-corrected chi connectivity index (χ3v) is 3.90. The normalized spacial score (nSPS) is 22.5. The van der Waals surface area contributed by atoms with E-state index in [1.54, 1.807) is 19.1 Å². The van der Waals surface area contributed by atoms with Crippen LogP contribution in [0.1, 0.15) is 38.5 Å². The Morgan fingerprint density at radius 2 is 2.05 bits per heavy atom. The van der Waals surface area contributed by atoms with Gasteiger partial charge in [0, 0.05) is 27.1 Å². The maximum atomic E-state index is 11.9. The molecule has 2 unspecified atom stereocenters. The molecule has 2 atom stereocenters. The molecule has 1 aliphatic carbocycles. The summed E-state index contributed by atoms with van der Waals surface area (Å²) in [5.41, 5.74) is 5.42. The molecule has 1 rings (SSSR count). The fourth-order valence-electron chi connectivity index (χ4n) is 2.37. The van der Waals surface area contributed by atoms with Crippen LogP contribution in [0.3, 0.4) is 0 Å². The summed E-state index contributed by atoms with van der Waals surface area (Å²) in [6.45, 7) is 1.04. The summed E-state index contributed by atoms with van der Waals surface area (Å²) in [7, 11) is 3.51. The standard InChI is InChI=1S/C14H26N2O3S/c1-16(8-6-13(15)20)14(17)7-9-19-12-5-3-4-11(10-12)18-2/h11-12H,3-10H2,1-2H3,(H2,15,20). The Morgan fingerprint density at radius 3 is 2.70 bits per heavy atom. The van der Waals surface area contributed by atoms with Gasteiger partial charge in [0.2, 0.25) is 5.91 Å². The first kappa shape index (κ1) is 17.3. The SMILES string of the molecule is COC1CCCC(OCCC(=O)N(C)CCC(N)=S)C1. The number of methoxy groups -OCH3 is 1. The van der Waals surface area contributed by atoms with Crippen LogP contribution >= 0.6 is 12.2 Å². The van der Waals surface area contributed by atoms with Crippen LogP contribution in [0.4, 0.5) is 0 Å². The molecule has 2 N–H and O–H groups in total. The molecule has 116 valence electrons. The van der Waals surface area contributed by atoms with Gasteiger partial charge in [0.15, 0.2) is 0 Å². The Kier molecular flexibility index (Phi) is 8.02. The first-order chi connectivity index (χ1) is 9.52. The molecule has 1 fully saturated rings. The number of nitrogens with two attached hydrogens (primary N) is 1. The number of hydrogen-bond acceptors (Lipinski definition) is 4. The van der Waals surface area contributed by atoms with Crippen molar-refractivity contribution in [1.82, 2.24) is 4.90 Å². The second-order valence-corrected chi connectivity index (χ2v) is 5.82. The molecule has 0 radical (unpaired) electrons. The summed E-state index contributed by atoms with van der Waals surface area (Å²) in [6, 6.07) is 0. The zero-order valence-corrected chi connectivity index (χ0v) is 13.3. The number of nitrogens with zero attached hydrogens (tertiary/aromatic N) is 1. The first-order valence-corrected chi connectivity index (χ1v) is 7.60. The zero-order valence-electron chi connectivity index (χ0n) is 12.5. The smallest absolute Gasteiger partial charge is 0.224 e. The molecule has 1 amide bonds. The van der Waals surface area contributed by atoms with Gasteiger partial charge in [-0.15, -0.1) is 0 Å². The fourth-order valence-corrected chi connectivity index (χ4v) is 2.47. The molecule has 0 aliphatic heterocycles. The topological polar surface area (TPSA) is 64.8 Å². The first-order valence-electron chi connectivity index (χ1n) is 7.19. The van der Waals surface area contributed by atoms with Crippen molar-refractivity contribution in [2.45, 2.75) is 50.7 Å². The molecule has 0 aromatic heterocycles. The summed E-state index contributed by atoms with van der Waals surface area (Å²) in [5.74, 6) is 0.0698. The summed E-state index contributed by atoms with van der Waals surface area (Å²) in [4.78, 5) is 13.9. The molecular formula is C14H26N2O3S. The van der Waals surface area contributed by atoms with Crippen molar-refractivity contribution < 1.29 is 14.3 Å². The van der Waals surface area contributed by atoms with Gasteiger partial charge in [-0.05, 0) is 25.7 Å². The van der Waals surface area contributed by atoms with Crippen LogP contribution in [0.15, 0.2) is 0 Å². The van der Waals surface area contributed by atoms with Gasteiger partial charge in [-0.2, -0.15) is 0 Å². The minimum absolute atomic E-state index is 0.0698. The van der Waals surface area contributed by atoms with E-state index in [1.165, 1.54) is 0 Å². The number of thiocarbonyl (C=S) groups is 1. The molecule has 0 spiro atoms. The van der Waals surface area contributed by atoms with Gasteiger partial charge < -0.3 is 20.1 Å². The van der Waals surface area contributed by atoms with Crippen molar-refractivity contribution >= 4 is 23.1 Å². The highest BCUT2D eigenvalue weighted by Gasteiger charge is 2.22. The fraction of sp³-hybridized carbons (Fsp3) is 0.857. The van der Waals surface area contributed by atoms with Crippen LogP contribution in [0.2, 0.25) is 0 Å². The molecule has 1 aliphatic rings. The lowest BCUT2D eigenvalue weighted by Gasteiger charge is -2.28. The molecule has 5 nitrogen and oxygen atoms in total. The quantitative estimate of drug-likeness (QED) is 0.688. The van der Waals surface area contributed by atoms with E-state index >= 15 is 0 Å². The molecule has 0 aromatic carbocycles. The molecule has 0 bridgehead atoms. The van der Waals surface area contributed by atoms with Crippen LogP contribution < -0.4 is 5.73 Å². The summed E-state index contributed by atoms with van der Waals surface area (Å²) in [6.07, 6.45) is 5.73. The molecule has 20 heavy (non-hydrogen) atoms. The minimum atomic E-state index is 0.0698. The van der Waals surface area contributed by atoms with Crippen molar-refractivity contribution in [2.24, 2.45) is 5.73 Å². The van der Waals surface area contributed by atoms with Gasteiger partial charge in [-0.25, -0.2) is 0 Å². The van der Waals surface area contributed by atoms with E-state index in [-0.39, 0.29) is 12.0 Å². The van der Waals surface area contributed by atoms with Gasteiger partial charge in [0.25, 0.3) is 0 Å². The van der Waals surface area contributed by atoms with Gasteiger partial charge in [-0.1, -0.05) is 12.2 Å². The van der Waals surface area contributed by atoms with Crippen molar-refractivity contribution in [2.75, 3.05) is 27.3 Å². The maximum absolute atomic E-state index is 11.9. The highest BCUT2D eigenvalue weighted by atomic mass is 32.1. The van der Waals surface area contributed by atoms with E-state index in [2.05, 4.69) is 0 Å². The monoisotopic (exact) mass is 302 g/mol. The van der Waals surface area contributed by atoms with Gasteiger partial charge in [0.05, 0.1) is 30.2 Å². The third kappa shape index (κ3) is 6.63. The number of amides is 1. The van der Waals surface area contributed by atoms with Crippen LogP contribution in [0, 0.1) is 0 Å².